The molecule has 1 aromatic carbocycles. The maximum Gasteiger partial charge on any atom is 0.137 e. The Bertz CT molecular complexity index is 366. The van der Waals surface area contributed by atoms with E-state index in [9.17, 15) is 4.39 Å². The van der Waals surface area contributed by atoms with Crippen LogP contribution in [0.2, 0.25) is 0 Å². The average Bonchev–Trinajstić information content (AvgIpc) is 2.34. The quantitative estimate of drug-likeness (QED) is 0.733. The van der Waals surface area contributed by atoms with Crippen LogP contribution in [0.3, 0.4) is 0 Å². The molecule has 0 saturated carbocycles. The Labute approximate surface area is 115 Å². The highest BCUT2D eigenvalue weighted by atomic mass is 32.2. The van der Waals surface area contributed by atoms with Gasteiger partial charge in [-0.25, -0.2) is 4.39 Å². The summed E-state index contributed by atoms with van der Waals surface area (Å²) < 4.78 is 13.9. The summed E-state index contributed by atoms with van der Waals surface area (Å²) in [5.74, 6) is 1.51. The minimum atomic E-state index is -0.0913. The van der Waals surface area contributed by atoms with Crippen molar-refractivity contribution >= 4 is 11.8 Å². The van der Waals surface area contributed by atoms with Crippen molar-refractivity contribution in [3.05, 3.63) is 29.6 Å². The molecule has 0 aliphatic heterocycles. The fourth-order valence-electron chi connectivity index (χ4n) is 1.51. The Kier molecular flexibility index (Phi) is 6.72. The normalized spacial score (nSPS) is 13.0. The van der Waals surface area contributed by atoms with E-state index < -0.39 is 0 Å². The summed E-state index contributed by atoms with van der Waals surface area (Å²) >= 11 is 1.64. The molecule has 3 heteroatoms. The third-order valence-corrected chi connectivity index (χ3v) is 4.44. The molecule has 1 nitrogen and oxygen atoms in total. The van der Waals surface area contributed by atoms with Gasteiger partial charge in [0.1, 0.15) is 5.82 Å². The van der Waals surface area contributed by atoms with Crippen LogP contribution in [-0.2, 0) is 6.54 Å². The van der Waals surface area contributed by atoms with E-state index in [2.05, 4.69) is 33.0 Å². The van der Waals surface area contributed by atoms with E-state index in [1.54, 1.807) is 23.9 Å². The maximum absolute atomic E-state index is 13.9. The summed E-state index contributed by atoms with van der Waals surface area (Å²) in [5.41, 5.74) is 1.07. The van der Waals surface area contributed by atoms with E-state index in [-0.39, 0.29) is 5.82 Å². The minimum Gasteiger partial charge on any atom is -0.310 e. The van der Waals surface area contributed by atoms with Gasteiger partial charge in [-0.1, -0.05) is 46.2 Å². The molecule has 0 radical (unpaired) electrons. The van der Waals surface area contributed by atoms with Gasteiger partial charge in [0.05, 0.1) is 0 Å². The standard InChI is InChI=1S/C15H24FNS/c1-5-12(4)10-18-15-13(9-17-11(2)3)7-6-8-14(15)16/h6-8,11-12,17H,5,9-10H2,1-4H3. The molecule has 0 heterocycles. The number of benzene rings is 1. The Hall–Kier alpha value is -0.540. The van der Waals surface area contributed by atoms with Crippen molar-refractivity contribution in [1.29, 1.82) is 0 Å². The van der Waals surface area contributed by atoms with E-state index in [0.717, 1.165) is 29.2 Å². The first-order valence-electron chi connectivity index (χ1n) is 6.68. The zero-order valence-corrected chi connectivity index (χ0v) is 12.6. The van der Waals surface area contributed by atoms with E-state index in [1.807, 2.05) is 6.07 Å². The summed E-state index contributed by atoms with van der Waals surface area (Å²) in [6.07, 6.45) is 1.14. The van der Waals surface area contributed by atoms with Crippen molar-refractivity contribution in [2.75, 3.05) is 5.75 Å². The molecule has 18 heavy (non-hydrogen) atoms. The lowest BCUT2D eigenvalue weighted by Gasteiger charge is -2.14. The van der Waals surface area contributed by atoms with Gasteiger partial charge >= 0.3 is 0 Å². The van der Waals surface area contributed by atoms with Crippen LogP contribution < -0.4 is 5.32 Å². The minimum absolute atomic E-state index is 0.0913. The average molecular weight is 269 g/mol. The molecule has 1 rings (SSSR count). The molecule has 1 N–H and O–H groups in total. The van der Waals surface area contributed by atoms with Gasteiger partial charge in [0.15, 0.2) is 0 Å². The van der Waals surface area contributed by atoms with Crippen LogP contribution in [0.5, 0.6) is 0 Å². The summed E-state index contributed by atoms with van der Waals surface area (Å²) in [5, 5.41) is 3.35. The molecule has 1 aromatic rings. The molecule has 102 valence electrons. The van der Waals surface area contributed by atoms with Crippen LogP contribution in [-0.4, -0.2) is 11.8 Å². The zero-order chi connectivity index (χ0) is 13.5. The van der Waals surface area contributed by atoms with Crippen LogP contribution in [0.25, 0.3) is 0 Å². The number of rotatable bonds is 7. The van der Waals surface area contributed by atoms with Crippen LogP contribution in [0.4, 0.5) is 4.39 Å². The van der Waals surface area contributed by atoms with Crippen molar-refractivity contribution in [3.63, 3.8) is 0 Å². The monoisotopic (exact) mass is 269 g/mol. The van der Waals surface area contributed by atoms with E-state index >= 15 is 0 Å². The SMILES string of the molecule is CCC(C)CSc1c(F)cccc1CNC(C)C. The van der Waals surface area contributed by atoms with Gasteiger partial charge in [-0.2, -0.15) is 0 Å². The van der Waals surface area contributed by atoms with E-state index in [0.29, 0.717) is 12.0 Å². The fraction of sp³-hybridized carbons (Fsp3) is 0.600. The fourth-order valence-corrected chi connectivity index (χ4v) is 2.73. The number of hydrogen-bond donors (Lipinski definition) is 1. The Morgan fingerprint density at radius 1 is 1.28 bits per heavy atom. The molecule has 0 aromatic heterocycles. The van der Waals surface area contributed by atoms with Gasteiger partial charge in [0.2, 0.25) is 0 Å². The van der Waals surface area contributed by atoms with Gasteiger partial charge in [-0.3, -0.25) is 0 Å². The zero-order valence-electron chi connectivity index (χ0n) is 11.8. The Morgan fingerprint density at radius 2 is 2.00 bits per heavy atom. The topological polar surface area (TPSA) is 12.0 Å². The first-order chi connectivity index (χ1) is 8.54. The molecule has 0 amide bonds. The van der Waals surface area contributed by atoms with E-state index in [1.165, 1.54) is 0 Å². The van der Waals surface area contributed by atoms with Gasteiger partial charge in [-0.05, 0) is 17.5 Å². The third kappa shape index (κ3) is 4.99. The number of nitrogens with one attached hydrogen (secondary N) is 1. The first kappa shape index (κ1) is 15.5. The maximum atomic E-state index is 13.9. The summed E-state index contributed by atoms with van der Waals surface area (Å²) in [6, 6.07) is 5.77. The lowest BCUT2D eigenvalue weighted by Crippen LogP contribution is -2.22. The second kappa shape index (κ2) is 7.80. The van der Waals surface area contributed by atoms with Crippen LogP contribution in [0.15, 0.2) is 23.1 Å². The first-order valence-corrected chi connectivity index (χ1v) is 7.66. The van der Waals surface area contributed by atoms with Crippen molar-refractivity contribution in [3.8, 4) is 0 Å². The largest absolute Gasteiger partial charge is 0.310 e. The molecule has 0 fully saturated rings. The predicted octanol–water partition coefficient (Wildman–Crippen LogP) is 4.46. The smallest absolute Gasteiger partial charge is 0.137 e. The Morgan fingerprint density at radius 3 is 2.61 bits per heavy atom. The third-order valence-electron chi connectivity index (χ3n) is 2.96. The summed E-state index contributed by atoms with van der Waals surface area (Å²) in [6.45, 7) is 9.32. The van der Waals surface area contributed by atoms with Crippen molar-refractivity contribution in [2.45, 2.75) is 51.6 Å². The molecule has 0 bridgehead atoms. The van der Waals surface area contributed by atoms with Crippen molar-refractivity contribution < 1.29 is 4.39 Å². The Balaban J connectivity index is 2.73. The predicted molar refractivity (Wildman–Crippen MR) is 78.6 cm³/mol. The highest BCUT2D eigenvalue weighted by Gasteiger charge is 2.10. The van der Waals surface area contributed by atoms with Gasteiger partial charge < -0.3 is 5.32 Å². The molecule has 0 spiro atoms. The molecule has 0 aliphatic rings. The number of thioether (sulfide) groups is 1. The number of halogens is 1. The van der Waals surface area contributed by atoms with E-state index in [4.69, 9.17) is 0 Å². The molecule has 0 aliphatic carbocycles. The van der Waals surface area contributed by atoms with Crippen molar-refractivity contribution in [2.24, 2.45) is 5.92 Å². The molecular weight excluding hydrogens is 245 g/mol. The molecule has 1 unspecified atom stereocenters. The molecule has 0 saturated heterocycles. The molecular formula is C15H24FNS. The van der Waals surface area contributed by atoms with Gasteiger partial charge in [0, 0.05) is 23.2 Å². The second-order valence-electron chi connectivity index (χ2n) is 5.09. The number of hydrogen-bond acceptors (Lipinski definition) is 2. The van der Waals surface area contributed by atoms with Crippen LogP contribution >= 0.6 is 11.8 Å². The lowest BCUT2D eigenvalue weighted by atomic mass is 10.2. The van der Waals surface area contributed by atoms with Gasteiger partial charge in [-0.15, -0.1) is 11.8 Å². The van der Waals surface area contributed by atoms with Crippen LogP contribution in [0, 0.1) is 11.7 Å². The van der Waals surface area contributed by atoms with Crippen LogP contribution in [0.1, 0.15) is 39.7 Å². The highest BCUT2D eigenvalue weighted by Crippen LogP contribution is 2.28. The lowest BCUT2D eigenvalue weighted by molar-refractivity contribution is 0.563. The molecule has 1 atom stereocenters. The van der Waals surface area contributed by atoms with Crippen molar-refractivity contribution in [1.82, 2.24) is 5.32 Å². The summed E-state index contributed by atoms with van der Waals surface area (Å²) in [7, 11) is 0. The second-order valence-corrected chi connectivity index (χ2v) is 6.12. The summed E-state index contributed by atoms with van der Waals surface area (Å²) in [4.78, 5) is 0.811. The van der Waals surface area contributed by atoms with Gasteiger partial charge in [0.25, 0.3) is 0 Å². The highest BCUT2D eigenvalue weighted by molar-refractivity contribution is 7.99.